The van der Waals surface area contributed by atoms with Gasteiger partial charge < -0.3 is 5.73 Å². The quantitative estimate of drug-likeness (QED) is 0.795. The molecular weight excluding hydrogens is 188 g/mol. The molecule has 2 rings (SSSR count). The van der Waals surface area contributed by atoms with Gasteiger partial charge in [0, 0.05) is 6.20 Å². The summed E-state index contributed by atoms with van der Waals surface area (Å²) >= 11 is 0. The molecule has 1 aromatic heterocycles. The number of hydrogen-bond acceptors (Lipinski definition) is 4. The third kappa shape index (κ3) is 3.16. The number of nitrogen functional groups attached to an aromatic ring is 1. The van der Waals surface area contributed by atoms with Crippen LogP contribution in [0.25, 0.3) is 0 Å². The monoisotopic (exact) mass is 206 g/mol. The van der Waals surface area contributed by atoms with E-state index in [2.05, 4.69) is 14.9 Å². The molecule has 15 heavy (non-hydrogen) atoms. The Labute approximate surface area is 90.5 Å². The predicted molar refractivity (Wildman–Crippen MR) is 60.2 cm³/mol. The van der Waals surface area contributed by atoms with Crippen molar-refractivity contribution in [2.24, 2.45) is 0 Å². The highest BCUT2D eigenvalue weighted by Gasteiger charge is 2.10. The first-order valence-corrected chi connectivity index (χ1v) is 5.64. The molecule has 0 bridgehead atoms. The summed E-state index contributed by atoms with van der Waals surface area (Å²) in [5.41, 5.74) is 5.62. The lowest BCUT2D eigenvalue weighted by molar-refractivity contribution is 0.270. The standard InChI is InChI=1S/C11H18N4/c12-10-5-6-13-11(14-10)9-15-7-3-1-2-4-8-15/h5-6H,1-4,7-9H2,(H2,12,13,14). The third-order valence-corrected chi connectivity index (χ3v) is 2.79. The normalized spacial score (nSPS) is 18.7. The minimum absolute atomic E-state index is 0.565. The Morgan fingerprint density at radius 1 is 1.20 bits per heavy atom. The highest BCUT2D eigenvalue weighted by atomic mass is 15.1. The van der Waals surface area contributed by atoms with Crippen molar-refractivity contribution in [1.29, 1.82) is 0 Å². The second-order valence-electron chi connectivity index (χ2n) is 4.09. The number of rotatable bonds is 2. The van der Waals surface area contributed by atoms with Crippen LogP contribution in [0, 0.1) is 0 Å². The summed E-state index contributed by atoms with van der Waals surface area (Å²) in [7, 11) is 0. The van der Waals surface area contributed by atoms with Crippen LogP contribution < -0.4 is 5.73 Å². The SMILES string of the molecule is Nc1ccnc(CN2CCCCCC2)n1. The molecule has 0 amide bonds. The van der Waals surface area contributed by atoms with Crippen LogP contribution in [0.3, 0.4) is 0 Å². The topological polar surface area (TPSA) is 55.0 Å². The lowest BCUT2D eigenvalue weighted by Gasteiger charge is -2.18. The van der Waals surface area contributed by atoms with Gasteiger partial charge in [-0.1, -0.05) is 12.8 Å². The number of aromatic nitrogens is 2. The van der Waals surface area contributed by atoms with Crippen molar-refractivity contribution in [1.82, 2.24) is 14.9 Å². The molecule has 2 heterocycles. The summed E-state index contributed by atoms with van der Waals surface area (Å²) in [6, 6.07) is 1.73. The average molecular weight is 206 g/mol. The van der Waals surface area contributed by atoms with E-state index in [1.807, 2.05) is 0 Å². The van der Waals surface area contributed by atoms with Crippen molar-refractivity contribution in [3.63, 3.8) is 0 Å². The van der Waals surface area contributed by atoms with E-state index in [0.717, 1.165) is 25.5 Å². The maximum Gasteiger partial charge on any atom is 0.144 e. The zero-order valence-corrected chi connectivity index (χ0v) is 9.02. The van der Waals surface area contributed by atoms with Crippen molar-refractivity contribution >= 4 is 5.82 Å². The number of likely N-dealkylation sites (tertiary alicyclic amines) is 1. The lowest BCUT2D eigenvalue weighted by atomic mass is 10.2. The van der Waals surface area contributed by atoms with E-state index >= 15 is 0 Å². The minimum Gasteiger partial charge on any atom is -0.384 e. The average Bonchev–Trinajstić information content (AvgIpc) is 2.46. The molecule has 4 nitrogen and oxygen atoms in total. The van der Waals surface area contributed by atoms with Gasteiger partial charge in [0.15, 0.2) is 0 Å². The van der Waals surface area contributed by atoms with Crippen molar-refractivity contribution in [2.45, 2.75) is 32.2 Å². The van der Waals surface area contributed by atoms with Crippen LogP contribution in [0.1, 0.15) is 31.5 Å². The molecule has 0 aromatic carbocycles. The second-order valence-corrected chi connectivity index (χ2v) is 4.09. The number of anilines is 1. The fourth-order valence-electron chi connectivity index (χ4n) is 1.99. The number of nitrogens with two attached hydrogens (primary N) is 1. The van der Waals surface area contributed by atoms with Gasteiger partial charge in [0.1, 0.15) is 11.6 Å². The molecular formula is C11H18N4. The Morgan fingerprint density at radius 2 is 1.93 bits per heavy atom. The van der Waals surface area contributed by atoms with E-state index in [1.165, 1.54) is 25.7 Å². The number of hydrogen-bond donors (Lipinski definition) is 1. The Kier molecular flexibility index (Phi) is 3.50. The Balaban J connectivity index is 1.95. The molecule has 0 saturated carbocycles. The zero-order chi connectivity index (χ0) is 10.5. The molecule has 0 unspecified atom stereocenters. The van der Waals surface area contributed by atoms with Crippen LogP contribution in [-0.2, 0) is 6.54 Å². The van der Waals surface area contributed by atoms with E-state index in [9.17, 15) is 0 Å². The smallest absolute Gasteiger partial charge is 0.144 e. The molecule has 2 N–H and O–H groups in total. The van der Waals surface area contributed by atoms with Gasteiger partial charge in [0.25, 0.3) is 0 Å². The Morgan fingerprint density at radius 3 is 2.60 bits per heavy atom. The van der Waals surface area contributed by atoms with E-state index < -0.39 is 0 Å². The maximum atomic E-state index is 5.62. The largest absolute Gasteiger partial charge is 0.384 e. The first-order chi connectivity index (χ1) is 7.34. The van der Waals surface area contributed by atoms with Gasteiger partial charge in [0.2, 0.25) is 0 Å². The van der Waals surface area contributed by atoms with Crippen molar-refractivity contribution in [3.8, 4) is 0 Å². The fourth-order valence-corrected chi connectivity index (χ4v) is 1.99. The molecule has 0 atom stereocenters. The molecule has 0 radical (unpaired) electrons. The van der Waals surface area contributed by atoms with Crippen molar-refractivity contribution < 1.29 is 0 Å². The predicted octanol–water partition coefficient (Wildman–Crippen LogP) is 1.43. The summed E-state index contributed by atoms with van der Waals surface area (Å²) < 4.78 is 0. The van der Waals surface area contributed by atoms with Crippen LogP contribution in [0.2, 0.25) is 0 Å². The first kappa shape index (κ1) is 10.4. The Hall–Kier alpha value is -1.16. The van der Waals surface area contributed by atoms with Gasteiger partial charge in [-0.3, -0.25) is 4.90 Å². The first-order valence-electron chi connectivity index (χ1n) is 5.64. The lowest BCUT2D eigenvalue weighted by Crippen LogP contribution is -2.25. The zero-order valence-electron chi connectivity index (χ0n) is 9.02. The molecule has 4 heteroatoms. The molecule has 82 valence electrons. The van der Waals surface area contributed by atoms with Gasteiger partial charge in [0.05, 0.1) is 6.54 Å². The molecule has 1 aliphatic heterocycles. The molecule has 0 aliphatic carbocycles. The van der Waals surface area contributed by atoms with Gasteiger partial charge in [-0.25, -0.2) is 9.97 Å². The summed E-state index contributed by atoms with van der Waals surface area (Å²) in [5, 5.41) is 0. The van der Waals surface area contributed by atoms with E-state index in [1.54, 1.807) is 12.3 Å². The van der Waals surface area contributed by atoms with Gasteiger partial charge >= 0.3 is 0 Å². The van der Waals surface area contributed by atoms with Gasteiger partial charge in [-0.2, -0.15) is 0 Å². The van der Waals surface area contributed by atoms with Crippen LogP contribution in [-0.4, -0.2) is 28.0 Å². The van der Waals surface area contributed by atoms with E-state index in [-0.39, 0.29) is 0 Å². The molecule has 1 aliphatic rings. The molecule has 1 aromatic rings. The number of nitrogens with zero attached hydrogens (tertiary/aromatic N) is 3. The molecule has 1 fully saturated rings. The van der Waals surface area contributed by atoms with Crippen molar-refractivity contribution in [2.75, 3.05) is 18.8 Å². The summed E-state index contributed by atoms with van der Waals surface area (Å²) in [6.45, 7) is 3.17. The second kappa shape index (κ2) is 5.07. The third-order valence-electron chi connectivity index (χ3n) is 2.79. The van der Waals surface area contributed by atoms with E-state index in [0.29, 0.717) is 5.82 Å². The van der Waals surface area contributed by atoms with Gasteiger partial charge in [-0.05, 0) is 32.0 Å². The van der Waals surface area contributed by atoms with Crippen molar-refractivity contribution in [3.05, 3.63) is 18.1 Å². The fraction of sp³-hybridized carbons (Fsp3) is 0.636. The molecule has 0 spiro atoms. The van der Waals surface area contributed by atoms with Crippen LogP contribution >= 0.6 is 0 Å². The Bertz CT molecular complexity index is 305. The molecule has 1 saturated heterocycles. The van der Waals surface area contributed by atoms with Crippen LogP contribution in [0.15, 0.2) is 12.3 Å². The van der Waals surface area contributed by atoms with E-state index in [4.69, 9.17) is 5.73 Å². The van der Waals surface area contributed by atoms with Crippen LogP contribution in [0.5, 0.6) is 0 Å². The highest BCUT2D eigenvalue weighted by molar-refractivity contribution is 5.24. The highest BCUT2D eigenvalue weighted by Crippen LogP contribution is 2.11. The minimum atomic E-state index is 0.565. The maximum absolute atomic E-state index is 5.62. The summed E-state index contributed by atoms with van der Waals surface area (Å²) in [4.78, 5) is 10.9. The summed E-state index contributed by atoms with van der Waals surface area (Å²) in [5.74, 6) is 1.41. The van der Waals surface area contributed by atoms with Gasteiger partial charge in [-0.15, -0.1) is 0 Å². The van der Waals surface area contributed by atoms with Crippen LogP contribution in [0.4, 0.5) is 5.82 Å². The summed E-state index contributed by atoms with van der Waals surface area (Å²) in [6.07, 6.45) is 7.03.